The van der Waals surface area contributed by atoms with Gasteiger partial charge in [0.15, 0.2) is 0 Å². The van der Waals surface area contributed by atoms with E-state index < -0.39 is 0 Å². The highest BCUT2D eigenvalue weighted by Gasteiger charge is 1.95. The zero-order chi connectivity index (χ0) is 10.6. The summed E-state index contributed by atoms with van der Waals surface area (Å²) < 4.78 is 0. The molecule has 0 aliphatic heterocycles. The maximum Gasteiger partial charge on any atom is 0.219 e. The molecule has 0 saturated heterocycles. The van der Waals surface area contributed by atoms with Crippen LogP contribution >= 0.6 is 0 Å². The Hall–Kier alpha value is -0.530. The molecule has 0 heterocycles. The van der Waals surface area contributed by atoms with E-state index >= 15 is 0 Å². The lowest BCUT2D eigenvalue weighted by Crippen LogP contribution is -2.23. The van der Waals surface area contributed by atoms with Crippen molar-refractivity contribution in [2.45, 2.75) is 58.3 Å². The molecule has 0 saturated carbocycles. The summed E-state index contributed by atoms with van der Waals surface area (Å²) in [6, 6.07) is 0. The summed E-state index contributed by atoms with van der Waals surface area (Å²) in [6.45, 7) is 6.57. The summed E-state index contributed by atoms with van der Waals surface area (Å²) in [7, 11) is 0. The van der Waals surface area contributed by atoms with Crippen molar-refractivity contribution in [3.8, 4) is 0 Å². The molecular weight excluding hydrogens is 174 g/mol. The summed E-state index contributed by atoms with van der Waals surface area (Å²) in [6.07, 6.45) is 9.38. The van der Waals surface area contributed by atoms with Crippen LogP contribution in [0.5, 0.6) is 0 Å². The highest BCUT2D eigenvalue weighted by molar-refractivity contribution is 5.76. The Bertz CT molecular complexity index is 134. The molecule has 14 heavy (non-hydrogen) atoms. The molecule has 1 amide bonds. The van der Waals surface area contributed by atoms with Crippen molar-refractivity contribution < 1.29 is 4.79 Å². The van der Waals surface area contributed by atoms with Crippen molar-refractivity contribution in [2.75, 3.05) is 6.54 Å². The molecule has 1 radical (unpaired) electrons. The van der Waals surface area contributed by atoms with Crippen molar-refractivity contribution in [1.29, 1.82) is 0 Å². The van der Waals surface area contributed by atoms with Crippen LogP contribution in [0.25, 0.3) is 0 Å². The van der Waals surface area contributed by atoms with Gasteiger partial charge in [-0.05, 0) is 13.3 Å². The third kappa shape index (κ3) is 9.56. The van der Waals surface area contributed by atoms with Gasteiger partial charge in [0.05, 0.1) is 0 Å². The van der Waals surface area contributed by atoms with Gasteiger partial charge in [0, 0.05) is 13.0 Å². The quantitative estimate of drug-likeness (QED) is 0.567. The fourth-order valence-corrected chi connectivity index (χ4v) is 1.40. The van der Waals surface area contributed by atoms with E-state index in [4.69, 9.17) is 0 Å². The van der Waals surface area contributed by atoms with E-state index in [1.165, 1.54) is 38.5 Å². The molecule has 0 aromatic carbocycles. The molecule has 0 bridgehead atoms. The molecule has 2 heteroatoms. The van der Waals surface area contributed by atoms with Crippen molar-refractivity contribution in [3.63, 3.8) is 0 Å². The van der Waals surface area contributed by atoms with Crippen LogP contribution in [0.15, 0.2) is 0 Å². The SMILES string of the molecule is [CH2]CC(=O)NCCCCCCCCC. The molecule has 1 N–H and O–H groups in total. The first-order chi connectivity index (χ1) is 6.81. The van der Waals surface area contributed by atoms with Gasteiger partial charge in [-0.2, -0.15) is 0 Å². The highest BCUT2D eigenvalue weighted by Crippen LogP contribution is 2.06. The number of hydrogen-bond donors (Lipinski definition) is 1. The Morgan fingerprint density at radius 1 is 1.07 bits per heavy atom. The molecule has 2 nitrogen and oxygen atoms in total. The van der Waals surface area contributed by atoms with E-state index in [-0.39, 0.29) is 5.91 Å². The third-order valence-corrected chi connectivity index (χ3v) is 2.33. The Labute approximate surface area is 88.5 Å². The zero-order valence-electron chi connectivity index (χ0n) is 9.48. The number of carbonyl (C=O) groups is 1. The van der Waals surface area contributed by atoms with Crippen LogP contribution in [-0.2, 0) is 4.79 Å². The van der Waals surface area contributed by atoms with Crippen LogP contribution in [0.3, 0.4) is 0 Å². The van der Waals surface area contributed by atoms with Gasteiger partial charge in [-0.3, -0.25) is 4.79 Å². The molecule has 0 unspecified atom stereocenters. The number of nitrogens with one attached hydrogen (secondary N) is 1. The van der Waals surface area contributed by atoms with Gasteiger partial charge in [0.2, 0.25) is 5.91 Å². The van der Waals surface area contributed by atoms with Crippen molar-refractivity contribution in [3.05, 3.63) is 6.92 Å². The Balaban J connectivity index is 2.95. The van der Waals surface area contributed by atoms with Crippen molar-refractivity contribution in [2.24, 2.45) is 0 Å². The Morgan fingerprint density at radius 2 is 1.64 bits per heavy atom. The van der Waals surface area contributed by atoms with Crippen LogP contribution < -0.4 is 5.32 Å². The van der Waals surface area contributed by atoms with E-state index in [1.54, 1.807) is 0 Å². The number of rotatable bonds is 9. The van der Waals surface area contributed by atoms with E-state index in [2.05, 4.69) is 19.2 Å². The predicted molar refractivity (Wildman–Crippen MR) is 61.0 cm³/mol. The molecule has 83 valence electrons. The molecule has 0 aromatic heterocycles. The highest BCUT2D eigenvalue weighted by atomic mass is 16.1. The second-order valence-electron chi connectivity index (χ2n) is 3.72. The second kappa shape index (κ2) is 10.6. The fraction of sp³-hybridized carbons (Fsp3) is 0.833. The predicted octanol–water partition coefficient (Wildman–Crippen LogP) is 3.08. The minimum Gasteiger partial charge on any atom is -0.356 e. The lowest BCUT2D eigenvalue weighted by Gasteiger charge is -2.03. The average Bonchev–Trinajstić information content (AvgIpc) is 2.21. The van der Waals surface area contributed by atoms with Gasteiger partial charge in [-0.15, -0.1) is 0 Å². The lowest BCUT2D eigenvalue weighted by atomic mass is 10.1. The molecule has 0 fully saturated rings. The second-order valence-corrected chi connectivity index (χ2v) is 3.72. The molecule has 0 atom stereocenters. The first kappa shape index (κ1) is 13.5. The monoisotopic (exact) mass is 198 g/mol. The normalized spacial score (nSPS) is 10.1. The van der Waals surface area contributed by atoms with Crippen LogP contribution in [-0.4, -0.2) is 12.5 Å². The number of amides is 1. The first-order valence-electron chi connectivity index (χ1n) is 5.87. The summed E-state index contributed by atoms with van der Waals surface area (Å²) in [5.41, 5.74) is 0. The minimum atomic E-state index is 0.0657. The summed E-state index contributed by atoms with van der Waals surface area (Å²) >= 11 is 0. The fourth-order valence-electron chi connectivity index (χ4n) is 1.40. The number of carbonyl (C=O) groups excluding carboxylic acids is 1. The van der Waals surface area contributed by atoms with E-state index in [1.807, 2.05) is 0 Å². The number of hydrogen-bond acceptors (Lipinski definition) is 1. The van der Waals surface area contributed by atoms with Crippen LogP contribution in [0.4, 0.5) is 0 Å². The maximum atomic E-state index is 10.8. The minimum absolute atomic E-state index is 0.0657. The van der Waals surface area contributed by atoms with E-state index in [9.17, 15) is 4.79 Å². The molecule has 0 aliphatic rings. The molecule has 0 spiro atoms. The standard InChI is InChI=1S/C12H24NO/c1-3-5-6-7-8-9-10-11-13-12(14)4-2/h2-11H2,1H3,(H,13,14). The zero-order valence-corrected chi connectivity index (χ0v) is 9.48. The van der Waals surface area contributed by atoms with Gasteiger partial charge in [0.1, 0.15) is 0 Å². The summed E-state index contributed by atoms with van der Waals surface area (Å²) in [5, 5.41) is 2.83. The summed E-state index contributed by atoms with van der Waals surface area (Å²) in [5.74, 6) is 0.0657. The Kier molecular flexibility index (Phi) is 10.2. The van der Waals surface area contributed by atoms with Gasteiger partial charge >= 0.3 is 0 Å². The molecular formula is C12H24NO. The Morgan fingerprint density at radius 3 is 2.21 bits per heavy atom. The molecule has 0 aliphatic carbocycles. The third-order valence-electron chi connectivity index (χ3n) is 2.33. The van der Waals surface area contributed by atoms with Crippen molar-refractivity contribution >= 4 is 5.91 Å². The number of unbranched alkanes of at least 4 members (excludes halogenated alkanes) is 6. The van der Waals surface area contributed by atoms with Gasteiger partial charge in [0.25, 0.3) is 0 Å². The van der Waals surface area contributed by atoms with Crippen LogP contribution in [0, 0.1) is 6.92 Å². The topological polar surface area (TPSA) is 29.1 Å². The van der Waals surface area contributed by atoms with E-state index in [0.29, 0.717) is 6.42 Å². The van der Waals surface area contributed by atoms with Crippen molar-refractivity contribution in [1.82, 2.24) is 5.32 Å². The van der Waals surface area contributed by atoms with Gasteiger partial charge < -0.3 is 5.32 Å². The van der Waals surface area contributed by atoms with Gasteiger partial charge in [-0.1, -0.05) is 45.4 Å². The molecule has 0 rings (SSSR count). The molecule has 0 aromatic rings. The summed E-state index contributed by atoms with van der Waals surface area (Å²) in [4.78, 5) is 10.8. The van der Waals surface area contributed by atoms with E-state index in [0.717, 1.165) is 13.0 Å². The maximum absolute atomic E-state index is 10.8. The van der Waals surface area contributed by atoms with Crippen LogP contribution in [0.1, 0.15) is 58.3 Å². The average molecular weight is 198 g/mol. The smallest absolute Gasteiger partial charge is 0.219 e. The largest absolute Gasteiger partial charge is 0.356 e. The lowest BCUT2D eigenvalue weighted by molar-refractivity contribution is -0.120. The van der Waals surface area contributed by atoms with Crippen LogP contribution in [0.2, 0.25) is 0 Å². The first-order valence-corrected chi connectivity index (χ1v) is 5.87. The van der Waals surface area contributed by atoms with Gasteiger partial charge in [-0.25, -0.2) is 0 Å².